The van der Waals surface area contributed by atoms with E-state index in [9.17, 15) is 24.0 Å². The minimum atomic E-state index is -1.64. The Balaban J connectivity index is 6.16. The molecule has 0 aromatic carbocycles. The molecule has 0 saturated carbocycles. The van der Waals surface area contributed by atoms with E-state index in [1.54, 1.807) is 41.5 Å². The van der Waals surface area contributed by atoms with Crippen LogP contribution in [0, 0.1) is 0 Å². The van der Waals surface area contributed by atoms with Crippen LogP contribution in [0.5, 0.6) is 0 Å². The molecular weight excluding hydrogens is 414 g/mol. The van der Waals surface area contributed by atoms with Crippen molar-refractivity contribution < 1.29 is 47.7 Å². The lowest BCUT2D eigenvalue weighted by atomic mass is 10.0. The third-order valence-electron chi connectivity index (χ3n) is 3.10. The number of esters is 4. The van der Waals surface area contributed by atoms with Crippen LogP contribution in [0.3, 0.4) is 0 Å². The van der Waals surface area contributed by atoms with Gasteiger partial charge in [0.05, 0.1) is 0 Å². The van der Waals surface area contributed by atoms with Gasteiger partial charge in [-0.2, -0.15) is 0 Å². The molecular formula is C20H33NO10. The molecule has 0 spiro atoms. The zero-order valence-corrected chi connectivity index (χ0v) is 19.5. The fraction of sp³-hybridized carbons (Fsp3) is 0.750. The summed E-state index contributed by atoms with van der Waals surface area (Å²) in [4.78, 5) is 59.8. The maximum Gasteiger partial charge on any atom is 0.408 e. The van der Waals surface area contributed by atoms with Gasteiger partial charge < -0.3 is 29.0 Å². The number of nitrogens with one attached hydrogen (secondary N) is 1. The van der Waals surface area contributed by atoms with Crippen molar-refractivity contribution in [2.75, 3.05) is 6.61 Å². The highest BCUT2D eigenvalue weighted by molar-refractivity contribution is 5.83. The summed E-state index contributed by atoms with van der Waals surface area (Å²) in [6.45, 7) is 12.3. The first-order valence-corrected chi connectivity index (χ1v) is 9.61. The molecule has 0 saturated heterocycles. The Morgan fingerprint density at radius 3 is 1.61 bits per heavy atom. The Morgan fingerprint density at radius 1 is 0.742 bits per heavy atom. The first-order chi connectivity index (χ1) is 13.9. The van der Waals surface area contributed by atoms with Gasteiger partial charge in [-0.25, -0.2) is 9.59 Å². The zero-order valence-electron chi connectivity index (χ0n) is 19.5. The summed E-state index contributed by atoms with van der Waals surface area (Å²) in [5.41, 5.74) is -1.86. The lowest BCUT2D eigenvalue weighted by Gasteiger charge is -2.33. The van der Waals surface area contributed by atoms with Crippen molar-refractivity contribution >= 4 is 30.0 Å². The number of carbonyl (C=O) groups is 5. The van der Waals surface area contributed by atoms with Gasteiger partial charge >= 0.3 is 30.0 Å². The van der Waals surface area contributed by atoms with E-state index in [0.717, 1.165) is 20.8 Å². The van der Waals surface area contributed by atoms with E-state index in [1.807, 2.05) is 0 Å². The molecule has 0 radical (unpaired) electrons. The van der Waals surface area contributed by atoms with E-state index in [4.69, 9.17) is 23.7 Å². The molecule has 0 bridgehead atoms. The van der Waals surface area contributed by atoms with E-state index < -0.39 is 66.0 Å². The van der Waals surface area contributed by atoms with E-state index in [1.165, 1.54) is 0 Å². The minimum Gasteiger partial charge on any atom is -0.462 e. The van der Waals surface area contributed by atoms with E-state index in [-0.39, 0.29) is 0 Å². The number of ether oxygens (including phenoxy) is 5. The maximum atomic E-state index is 12.9. The van der Waals surface area contributed by atoms with Crippen LogP contribution in [0.2, 0.25) is 0 Å². The van der Waals surface area contributed by atoms with Crippen LogP contribution in [0.1, 0.15) is 62.3 Å². The summed E-state index contributed by atoms with van der Waals surface area (Å²) in [7, 11) is 0. The van der Waals surface area contributed by atoms with Gasteiger partial charge in [0, 0.05) is 20.8 Å². The third-order valence-corrected chi connectivity index (χ3v) is 3.10. The van der Waals surface area contributed by atoms with E-state index in [2.05, 4.69) is 5.32 Å². The Bertz CT molecular complexity index is 674. The molecule has 0 aliphatic rings. The maximum absolute atomic E-state index is 12.9. The molecule has 31 heavy (non-hydrogen) atoms. The number of amides is 1. The number of alkyl carbamates (subject to hydrolysis) is 1. The molecule has 1 N–H and O–H groups in total. The normalized spacial score (nSPS) is 14.4. The molecule has 0 aliphatic carbocycles. The monoisotopic (exact) mass is 447 g/mol. The van der Waals surface area contributed by atoms with Crippen molar-refractivity contribution in [2.24, 2.45) is 0 Å². The number of carbonyl (C=O) groups excluding carboxylic acids is 5. The first-order valence-electron chi connectivity index (χ1n) is 9.61. The second-order valence-corrected chi connectivity index (χ2v) is 8.68. The lowest BCUT2D eigenvalue weighted by molar-refractivity contribution is -0.182. The summed E-state index contributed by atoms with van der Waals surface area (Å²) >= 11 is 0. The van der Waals surface area contributed by atoms with Gasteiger partial charge in [0.25, 0.3) is 0 Å². The molecule has 0 rings (SSSR count). The van der Waals surface area contributed by atoms with Gasteiger partial charge in [-0.1, -0.05) is 0 Å². The standard InChI is InChI=1S/C20H33NO10/c1-11(22)27-10-14(28-12(2)23)16(29-13(3)24)15(17(25)30-19(4,5)6)21-18(26)31-20(7,8)9/h14-16H,10H2,1-9H3,(H,21,26)/t14-,15-,16+/m0/s1. The largest absolute Gasteiger partial charge is 0.462 e. The average Bonchev–Trinajstić information content (AvgIpc) is 2.50. The molecule has 0 aromatic heterocycles. The molecule has 0 unspecified atom stereocenters. The lowest BCUT2D eigenvalue weighted by Crippen LogP contribution is -2.58. The van der Waals surface area contributed by atoms with Crippen LogP contribution in [0.4, 0.5) is 4.79 Å². The predicted molar refractivity (Wildman–Crippen MR) is 107 cm³/mol. The van der Waals surface area contributed by atoms with Gasteiger partial charge in [-0.05, 0) is 41.5 Å². The summed E-state index contributed by atoms with van der Waals surface area (Å²) < 4.78 is 25.7. The smallest absolute Gasteiger partial charge is 0.408 e. The molecule has 0 aliphatic heterocycles. The Hall–Kier alpha value is -2.85. The molecule has 0 heterocycles. The van der Waals surface area contributed by atoms with Crippen molar-refractivity contribution in [3.63, 3.8) is 0 Å². The Kier molecular flexibility index (Phi) is 10.5. The summed E-state index contributed by atoms with van der Waals surface area (Å²) in [5, 5.41) is 2.30. The molecule has 11 nitrogen and oxygen atoms in total. The summed E-state index contributed by atoms with van der Waals surface area (Å²) in [5.74, 6) is -3.32. The van der Waals surface area contributed by atoms with E-state index >= 15 is 0 Å². The van der Waals surface area contributed by atoms with Crippen LogP contribution in [0.15, 0.2) is 0 Å². The van der Waals surface area contributed by atoms with Gasteiger partial charge in [0.15, 0.2) is 18.2 Å². The second kappa shape index (κ2) is 11.5. The molecule has 178 valence electrons. The van der Waals surface area contributed by atoms with Crippen LogP contribution in [0.25, 0.3) is 0 Å². The zero-order chi connectivity index (χ0) is 24.6. The van der Waals surface area contributed by atoms with E-state index in [0.29, 0.717) is 0 Å². The molecule has 0 fully saturated rings. The first kappa shape index (κ1) is 28.1. The number of rotatable bonds is 8. The SMILES string of the molecule is CC(=O)OC[C@H](OC(C)=O)[C@@H](OC(C)=O)[C@H](NC(=O)OC(C)(C)C)C(=O)OC(C)(C)C. The number of hydrogen-bond donors (Lipinski definition) is 1. The highest BCUT2D eigenvalue weighted by atomic mass is 16.6. The number of hydrogen-bond acceptors (Lipinski definition) is 10. The highest BCUT2D eigenvalue weighted by Gasteiger charge is 2.43. The van der Waals surface area contributed by atoms with Crippen molar-refractivity contribution in [1.82, 2.24) is 5.32 Å². The average molecular weight is 447 g/mol. The van der Waals surface area contributed by atoms with Gasteiger partial charge in [-0.15, -0.1) is 0 Å². The highest BCUT2D eigenvalue weighted by Crippen LogP contribution is 2.18. The molecule has 11 heteroatoms. The van der Waals surface area contributed by atoms with Crippen molar-refractivity contribution in [3.05, 3.63) is 0 Å². The third kappa shape index (κ3) is 13.1. The Labute approximate surface area is 182 Å². The van der Waals surface area contributed by atoms with Crippen LogP contribution < -0.4 is 5.32 Å². The Morgan fingerprint density at radius 2 is 1.23 bits per heavy atom. The fourth-order valence-electron chi connectivity index (χ4n) is 2.23. The van der Waals surface area contributed by atoms with Crippen LogP contribution in [-0.2, 0) is 42.9 Å². The van der Waals surface area contributed by atoms with Gasteiger partial charge in [0.1, 0.15) is 17.8 Å². The van der Waals surface area contributed by atoms with Gasteiger partial charge in [0.2, 0.25) is 0 Å². The fourth-order valence-corrected chi connectivity index (χ4v) is 2.23. The quantitative estimate of drug-likeness (QED) is 0.431. The minimum absolute atomic E-state index is 0.540. The van der Waals surface area contributed by atoms with Crippen molar-refractivity contribution in [3.8, 4) is 0 Å². The molecule has 1 amide bonds. The summed E-state index contributed by atoms with van der Waals surface area (Å²) in [6.07, 6.45) is -4.00. The molecule has 0 aromatic rings. The topological polar surface area (TPSA) is 144 Å². The van der Waals surface area contributed by atoms with Gasteiger partial charge in [-0.3, -0.25) is 14.4 Å². The van der Waals surface area contributed by atoms with Crippen LogP contribution >= 0.6 is 0 Å². The van der Waals surface area contributed by atoms with Crippen molar-refractivity contribution in [2.45, 2.75) is 91.8 Å². The summed E-state index contributed by atoms with van der Waals surface area (Å²) in [6, 6.07) is -1.64. The van der Waals surface area contributed by atoms with Crippen molar-refractivity contribution in [1.29, 1.82) is 0 Å². The van der Waals surface area contributed by atoms with Crippen LogP contribution in [-0.4, -0.2) is 66.0 Å². The second-order valence-electron chi connectivity index (χ2n) is 8.68. The predicted octanol–water partition coefficient (Wildman–Crippen LogP) is 1.65. The molecule has 3 atom stereocenters.